The van der Waals surface area contributed by atoms with Crippen molar-refractivity contribution in [3.05, 3.63) is 65.7 Å². The predicted octanol–water partition coefficient (Wildman–Crippen LogP) is 3.99. The fraction of sp³-hybridized carbons (Fsp3) is 0.444. The van der Waals surface area contributed by atoms with E-state index in [1.807, 2.05) is 54.6 Å². The first-order valence-corrected chi connectivity index (χ1v) is 11.5. The molecule has 1 fully saturated rings. The van der Waals surface area contributed by atoms with Gasteiger partial charge in [0.1, 0.15) is 18.4 Å². The monoisotopic (exact) mass is 467 g/mol. The van der Waals surface area contributed by atoms with Crippen molar-refractivity contribution in [1.29, 1.82) is 0 Å². The van der Waals surface area contributed by atoms with E-state index in [2.05, 4.69) is 5.32 Å². The summed E-state index contributed by atoms with van der Waals surface area (Å²) in [6.45, 7) is 5.74. The van der Waals surface area contributed by atoms with E-state index in [1.54, 1.807) is 20.8 Å². The summed E-state index contributed by atoms with van der Waals surface area (Å²) in [5.41, 5.74) is 0.129. The second-order valence-corrected chi connectivity index (χ2v) is 9.66. The number of carboxylic acids is 1. The first-order valence-electron chi connectivity index (χ1n) is 11.5. The molecular formula is C27H33NO6. The first kappa shape index (κ1) is 25.3. The van der Waals surface area contributed by atoms with Crippen LogP contribution in [0.3, 0.4) is 0 Å². The molecule has 3 rings (SSSR count). The molecule has 34 heavy (non-hydrogen) atoms. The number of benzene rings is 2. The Morgan fingerprint density at radius 2 is 1.68 bits per heavy atom. The van der Waals surface area contributed by atoms with E-state index in [9.17, 15) is 19.5 Å². The Hall–Kier alpha value is -3.35. The molecule has 0 unspecified atom stereocenters. The summed E-state index contributed by atoms with van der Waals surface area (Å²) in [6.07, 6.45) is 1.10. The largest absolute Gasteiger partial charge is 0.489 e. The highest BCUT2D eigenvalue weighted by Gasteiger charge is 2.58. The van der Waals surface area contributed by atoms with E-state index < -0.39 is 34.7 Å². The highest BCUT2D eigenvalue weighted by Crippen LogP contribution is 2.56. The van der Waals surface area contributed by atoms with Crippen LogP contribution in [0.2, 0.25) is 0 Å². The summed E-state index contributed by atoms with van der Waals surface area (Å²) in [7, 11) is 1.28. The van der Waals surface area contributed by atoms with Gasteiger partial charge < -0.3 is 19.9 Å². The number of hydrogen-bond donors (Lipinski definition) is 2. The van der Waals surface area contributed by atoms with Crippen molar-refractivity contribution in [3.8, 4) is 5.75 Å². The second-order valence-electron chi connectivity index (χ2n) is 9.66. The number of hydrogen-bond acceptors (Lipinski definition) is 5. The van der Waals surface area contributed by atoms with Crippen molar-refractivity contribution in [2.45, 2.75) is 52.7 Å². The highest BCUT2D eigenvalue weighted by molar-refractivity contribution is 5.88. The standard InChI is InChI=1S/C27H33NO6/c1-26(2)21(14-15-27(26,3)25(31)32)23(29)28-22(24(30)33-4)16-18-10-12-20(13-11-18)34-17-19-8-6-5-7-9-19/h5-13,21-22H,14-17H2,1-4H3,(H,28,29)(H,31,32)/t21-,22-,27+/m1/s1. The number of methoxy groups -OCH3 is 1. The molecule has 0 aromatic heterocycles. The van der Waals surface area contributed by atoms with Gasteiger partial charge in [-0.05, 0) is 48.4 Å². The third kappa shape index (κ3) is 5.24. The fourth-order valence-electron chi connectivity index (χ4n) is 4.65. The Morgan fingerprint density at radius 1 is 1.03 bits per heavy atom. The topological polar surface area (TPSA) is 102 Å². The molecule has 2 aromatic rings. The summed E-state index contributed by atoms with van der Waals surface area (Å²) in [5, 5.41) is 12.5. The summed E-state index contributed by atoms with van der Waals surface area (Å²) in [4.78, 5) is 37.4. The molecule has 1 amide bonds. The predicted molar refractivity (Wildman–Crippen MR) is 127 cm³/mol. The Kier molecular flexibility index (Phi) is 7.64. The van der Waals surface area contributed by atoms with Gasteiger partial charge in [-0.25, -0.2) is 4.79 Å². The zero-order chi connectivity index (χ0) is 24.9. The van der Waals surface area contributed by atoms with Crippen LogP contribution in [-0.2, 0) is 32.1 Å². The summed E-state index contributed by atoms with van der Waals surface area (Å²) in [6, 6.07) is 16.3. The third-order valence-corrected chi connectivity index (χ3v) is 7.43. The number of carboxylic acid groups (broad SMARTS) is 1. The Balaban J connectivity index is 1.65. The lowest BCUT2D eigenvalue weighted by Gasteiger charge is -2.38. The lowest BCUT2D eigenvalue weighted by atomic mass is 9.65. The van der Waals surface area contributed by atoms with Gasteiger partial charge >= 0.3 is 11.9 Å². The van der Waals surface area contributed by atoms with Crippen LogP contribution in [-0.4, -0.2) is 36.1 Å². The lowest BCUT2D eigenvalue weighted by molar-refractivity contribution is -0.156. The molecule has 0 aliphatic heterocycles. The number of carbonyl (C=O) groups is 3. The van der Waals surface area contributed by atoms with E-state index in [4.69, 9.17) is 9.47 Å². The molecule has 1 aliphatic carbocycles. The zero-order valence-corrected chi connectivity index (χ0v) is 20.2. The lowest BCUT2D eigenvalue weighted by Crippen LogP contribution is -2.50. The maximum atomic E-state index is 13.1. The van der Waals surface area contributed by atoms with Gasteiger partial charge in [0.05, 0.1) is 12.5 Å². The molecule has 7 nitrogen and oxygen atoms in total. The van der Waals surface area contributed by atoms with Gasteiger partial charge in [0.15, 0.2) is 0 Å². The van der Waals surface area contributed by atoms with Gasteiger partial charge in [0.2, 0.25) is 5.91 Å². The van der Waals surface area contributed by atoms with E-state index in [0.29, 0.717) is 25.2 Å². The average Bonchev–Trinajstić information content (AvgIpc) is 3.08. The smallest absolute Gasteiger partial charge is 0.328 e. The molecule has 7 heteroatoms. The van der Waals surface area contributed by atoms with E-state index >= 15 is 0 Å². The minimum absolute atomic E-state index is 0.251. The van der Waals surface area contributed by atoms with Crippen molar-refractivity contribution < 1.29 is 29.0 Å². The van der Waals surface area contributed by atoms with Gasteiger partial charge in [-0.2, -0.15) is 0 Å². The highest BCUT2D eigenvalue weighted by atomic mass is 16.5. The molecule has 1 aliphatic rings. The Bertz CT molecular complexity index is 1020. The molecule has 3 atom stereocenters. The Morgan fingerprint density at radius 3 is 2.24 bits per heavy atom. The minimum atomic E-state index is -1.01. The molecular weight excluding hydrogens is 434 g/mol. The number of esters is 1. The molecule has 182 valence electrons. The maximum Gasteiger partial charge on any atom is 0.328 e. The molecule has 0 spiro atoms. The molecule has 0 saturated heterocycles. The van der Waals surface area contributed by atoms with Crippen LogP contribution in [0.4, 0.5) is 0 Å². The normalized spacial score (nSPS) is 21.9. The Labute approximate surface area is 200 Å². The summed E-state index contributed by atoms with van der Waals surface area (Å²) in [5.74, 6) is -1.60. The van der Waals surface area contributed by atoms with E-state index in [1.165, 1.54) is 7.11 Å². The van der Waals surface area contributed by atoms with Gasteiger partial charge in [0.25, 0.3) is 0 Å². The molecule has 2 aromatic carbocycles. The van der Waals surface area contributed by atoms with Gasteiger partial charge in [0, 0.05) is 12.3 Å². The van der Waals surface area contributed by atoms with Crippen molar-refractivity contribution >= 4 is 17.8 Å². The van der Waals surface area contributed by atoms with Crippen LogP contribution >= 0.6 is 0 Å². The summed E-state index contributed by atoms with van der Waals surface area (Å²) >= 11 is 0. The quantitative estimate of drug-likeness (QED) is 0.541. The van der Waals surface area contributed by atoms with Crippen molar-refractivity contribution in [2.75, 3.05) is 7.11 Å². The van der Waals surface area contributed by atoms with Crippen molar-refractivity contribution in [3.63, 3.8) is 0 Å². The zero-order valence-electron chi connectivity index (χ0n) is 20.2. The van der Waals surface area contributed by atoms with Crippen molar-refractivity contribution in [1.82, 2.24) is 5.32 Å². The van der Waals surface area contributed by atoms with Crippen LogP contribution in [0.25, 0.3) is 0 Å². The van der Waals surface area contributed by atoms with E-state index in [-0.39, 0.29) is 12.3 Å². The summed E-state index contributed by atoms with van der Waals surface area (Å²) < 4.78 is 10.7. The van der Waals surface area contributed by atoms with Crippen LogP contribution in [0, 0.1) is 16.7 Å². The third-order valence-electron chi connectivity index (χ3n) is 7.43. The minimum Gasteiger partial charge on any atom is -0.489 e. The number of amides is 1. The SMILES string of the molecule is COC(=O)[C@@H](Cc1ccc(OCc2ccccc2)cc1)NC(=O)[C@H]1CC[C@@](C)(C(=O)O)C1(C)C. The molecule has 0 radical (unpaired) electrons. The number of carbonyl (C=O) groups excluding carboxylic acids is 2. The number of rotatable bonds is 9. The van der Waals surface area contributed by atoms with Gasteiger partial charge in [-0.15, -0.1) is 0 Å². The van der Waals surface area contributed by atoms with Crippen LogP contribution in [0.1, 0.15) is 44.7 Å². The van der Waals surface area contributed by atoms with Gasteiger partial charge in [-0.1, -0.05) is 56.3 Å². The maximum absolute atomic E-state index is 13.1. The average molecular weight is 468 g/mol. The number of aliphatic carboxylic acids is 1. The molecule has 0 heterocycles. The number of ether oxygens (including phenoxy) is 2. The fourth-order valence-corrected chi connectivity index (χ4v) is 4.65. The van der Waals surface area contributed by atoms with Crippen LogP contribution in [0.15, 0.2) is 54.6 Å². The molecule has 0 bridgehead atoms. The second kappa shape index (κ2) is 10.3. The van der Waals surface area contributed by atoms with Crippen molar-refractivity contribution in [2.24, 2.45) is 16.7 Å². The molecule has 1 saturated carbocycles. The van der Waals surface area contributed by atoms with Gasteiger partial charge in [-0.3, -0.25) is 9.59 Å². The van der Waals surface area contributed by atoms with E-state index in [0.717, 1.165) is 11.1 Å². The number of nitrogens with one attached hydrogen (secondary N) is 1. The van der Waals surface area contributed by atoms with Crippen LogP contribution in [0.5, 0.6) is 5.75 Å². The molecule has 2 N–H and O–H groups in total. The first-order chi connectivity index (χ1) is 16.1. The van der Waals surface area contributed by atoms with Crippen LogP contribution < -0.4 is 10.1 Å².